The molecule has 0 aromatic heterocycles. The molecule has 0 radical (unpaired) electrons. The molecular weight excluding hydrogens is 480 g/mol. The highest BCUT2D eigenvalue weighted by atomic mass is 16.5. The minimum absolute atomic E-state index is 0.00338. The molecule has 1 aromatic rings. The summed E-state index contributed by atoms with van der Waals surface area (Å²) in [7, 11) is 0. The van der Waals surface area contributed by atoms with E-state index in [0.717, 1.165) is 60.5 Å². The van der Waals surface area contributed by atoms with Gasteiger partial charge in [0, 0.05) is 6.42 Å². The Bertz CT molecular complexity index is 1020. The molecule has 216 valence electrons. The molecule has 0 N–H and O–H groups in total. The summed E-state index contributed by atoms with van der Waals surface area (Å²) < 4.78 is 11.6. The summed E-state index contributed by atoms with van der Waals surface area (Å²) in [6.45, 7) is 15.1. The zero-order valence-electron chi connectivity index (χ0n) is 25.6. The number of hydrogen-bond acceptors (Lipinski definition) is 3. The van der Waals surface area contributed by atoms with Gasteiger partial charge in [-0.2, -0.15) is 0 Å². The topological polar surface area (TPSA) is 35.5 Å². The lowest BCUT2D eigenvalue weighted by atomic mass is 9.47. The molecule has 4 aliphatic rings. The Kier molecular flexibility index (Phi) is 8.56. The fourth-order valence-electron chi connectivity index (χ4n) is 9.83. The molecule has 3 nitrogen and oxygen atoms in total. The largest absolute Gasteiger partial charge is 0.494 e. The predicted molar refractivity (Wildman–Crippen MR) is 160 cm³/mol. The highest BCUT2D eigenvalue weighted by Crippen LogP contribution is 2.67. The van der Waals surface area contributed by atoms with Crippen LogP contribution in [0.3, 0.4) is 0 Å². The average molecular weight is 535 g/mol. The number of carbonyl (C=O) groups is 1. The number of allylic oxidation sites excluding steroid dienone is 1. The summed E-state index contributed by atoms with van der Waals surface area (Å²) in [5.41, 5.74) is 3.02. The fourth-order valence-corrected chi connectivity index (χ4v) is 9.83. The number of carbonyl (C=O) groups excluding carboxylic acids is 1. The maximum atomic E-state index is 12.9. The molecule has 0 unspecified atom stereocenters. The molecule has 0 amide bonds. The third-order valence-corrected chi connectivity index (χ3v) is 11.9. The van der Waals surface area contributed by atoms with Gasteiger partial charge in [-0.05, 0) is 122 Å². The van der Waals surface area contributed by atoms with Crippen molar-refractivity contribution in [3.63, 3.8) is 0 Å². The third kappa shape index (κ3) is 5.58. The van der Waals surface area contributed by atoms with Crippen LogP contribution in [0.1, 0.15) is 123 Å². The normalized spacial score (nSPS) is 36.4. The quantitative estimate of drug-likeness (QED) is 0.234. The van der Waals surface area contributed by atoms with E-state index in [9.17, 15) is 4.79 Å². The van der Waals surface area contributed by atoms with Crippen molar-refractivity contribution >= 4 is 5.97 Å². The van der Waals surface area contributed by atoms with Crippen molar-refractivity contribution in [1.82, 2.24) is 0 Å². The Morgan fingerprint density at radius 1 is 0.974 bits per heavy atom. The molecule has 3 fully saturated rings. The zero-order chi connectivity index (χ0) is 27.8. The zero-order valence-corrected chi connectivity index (χ0v) is 25.6. The molecule has 3 heteroatoms. The van der Waals surface area contributed by atoms with Crippen LogP contribution in [0.4, 0.5) is 0 Å². The summed E-state index contributed by atoms with van der Waals surface area (Å²) in [6, 6.07) is 7.37. The van der Waals surface area contributed by atoms with Crippen molar-refractivity contribution in [3.8, 4) is 5.75 Å². The van der Waals surface area contributed by atoms with E-state index in [1.165, 1.54) is 51.4 Å². The summed E-state index contributed by atoms with van der Waals surface area (Å²) in [6.07, 6.45) is 16.8. The molecule has 0 saturated heterocycles. The second-order valence-electron chi connectivity index (χ2n) is 14.5. The Hall–Kier alpha value is -1.77. The lowest BCUT2D eigenvalue weighted by molar-refractivity contribution is -0.0594. The van der Waals surface area contributed by atoms with Gasteiger partial charge in [0.1, 0.15) is 11.9 Å². The molecule has 0 spiro atoms. The Labute approximate surface area is 238 Å². The number of hydrogen-bond donors (Lipinski definition) is 0. The van der Waals surface area contributed by atoms with E-state index in [4.69, 9.17) is 9.47 Å². The molecule has 0 aliphatic heterocycles. The SMILES string of the molecule is CCOc1ccc(C(=O)O[C@H]2CC[C@@]3(C)C(=CC[C@H]4[C@@H]5CC[C@H]([C@@H](C)CCCC(C)C)[C@@]5(C)CC[C@@H]43)C2)cc1. The van der Waals surface area contributed by atoms with Gasteiger partial charge in [0.2, 0.25) is 0 Å². The lowest BCUT2D eigenvalue weighted by Gasteiger charge is -2.58. The van der Waals surface area contributed by atoms with Crippen molar-refractivity contribution in [1.29, 1.82) is 0 Å². The van der Waals surface area contributed by atoms with Crippen LogP contribution in [0.5, 0.6) is 5.75 Å². The highest BCUT2D eigenvalue weighted by Gasteiger charge is 2.59. The monoisotopic (exact) mass is 534 g/mol. The number of fused-ring (bicyclic) bond motifs is 5. The fraction of sp³-hybridized carbons (Fsp3) is 0.750. The van der Waals surface area contributed by atoms with Crippen molar-refractivity contribution in [3.05, 3.63) is 41.5 Å². The summed E-state index contributed by atoms with van der Waals surface area (Å²) in [4.78, 5) is 12.9. The predicted octanol–water partition coefficient (Wildman–Crippen LogP) is 9.65. The second kappa shape index (κ2) is 11.6. The van der Waals surface area contributed by atoms with Gasteiger partial charge in [-0.3, -0.25) is 0 Å². The Morgan fingerprint density at radius 3 is 2.46 bits per heavy atom. The van der Waals surface area contributed by atoms with E-state index in [1.54, 1.807) is 5.57 Å². The standard InChI is InChI=1S/C36H54O3/c1-7-38-28-14-11-26(12-15-28)34(37)39-29-19-21-35(5)27(23-29)13-16-30-32-18-17-31(25(4)10-8-9-24(2)3)36(32,6)22-20-33(30)35/h11-15,24-25,29-33H,7-10,16-23H2,1-6H3/t25-,29-,30-,31+,32-,33-,35-,36+/m0/s1. The van der Waals surface area contributed by atoms with Crippen LogP contribution in [-0.2, 0) is 4.74 Å². The minimum Gasteiger partial charge on any atom is -0.494 e. The highest BCUT2D eigenvalue weighted by molar-refractivity contribution is 5.89. The van der Waals surface area contributed by atoms with Gasteiger partial charge < -0.3 is 9.47 Å². The van der Waals surface area contributed by atoms with Crippen LogP contribution in [0.2, 0.25) is 0 Å². The van der Waals surface area contributed by atoms with Gasteiger partial charge in [0.15, 0.2) is 0 Å². The Morgan fingerprint density at radius 2 is 1.74 bits per heavy atom. The van der Waals surface area contributed by atoms with Crippen LogP contribution in [0.25, 0.3) is 0 Å². The van der Waals surface area contributed by atoms with Crippen molar-refractivity contribution in [2.24, 2.45) is 46.3 Å². The van der Waals surface area contributed by atoms with Gasteiger partial charge >= 0.3 is 5.97 Å². The van der Waals surface area contributed by atoms with Gasteiger partial charge in [0.05, 0.1) is 12.2 Å². The summed E-state index contributed by atoms with van der Waals surface area (Å²) >= 11 is 0. The van der Waals surface area contributed by atoms with E-state index in [2.05, 4.69) is 40.7 Å². The molecular formula is C36H54O3. The van der Waals surface area contributed by atoms with E-state index in [-0.39, 0.29) is 17.5 Å². The maximum Gasteiger partial charge on any atom is 0.338 e. The maximum absolute atomic E-state index is 12.9. The van der Waals surface area contributed by atoms with Gasteiger partial charge in [0.25, 0.3) is 0 Å². The molecule has 0 heterocycles. The Balaban J connectivity index is 1.22. The first-order valence-corrected chi connectivity index (χ1v) is 16.3. The summed E-state index contributed by atoms with van der Waals surface area (Å²) in [5, 5.41) is 0. The van der Waals surface area contributed by atoms with Crippen LogP contribution < -0.4 is 4.74 Å². The molecule has 5 rings (SSSR count). The average Bonchev–Trinajstić information content (AvgIpc) is 3.26. The smallest absolute Gasteiger partial charge is 0.338 e. The summed E-state index contributed by atoms with van der Waals surface area (Å²) in [5.74, 6) is 5.72. The first-order chi connectivity index (χ1) is 18.7. The van der Waals surface area contributed by atoms with Gasteiger partial charge in [-0.25, -0.2) is 4.79 Å². The van der Waals surface area contributed by atoms with Crippen molar-refractivity contribution < 1.29 is 14.3 Å². The molecule has 8 atom stereocenters. The molecule has 3 saturated carbocycles. The lowest BCUT2D eigenvalue weighted by Crippen LogP contribution is -2.51. The van der Waals surface area contributed by atoms with E-state index < -0.39 is 0 Å². The van der Waals surface area contributed by atoms with Crippen LogP contribution >= 0.6 is 0 Å². The van der Waals surface area contributed by atoms with Crippen LogP contribution in [0, 0.1) is 46.3 Å². The number of benzene rings is 1. The van der Waals surface area contributed by atoms with E-state index in [0.29, 0.717) is 17.6 Å². The van der Waals surface area contributed by atoms with Crippen LogP contribution in [0.15, 0.2) is 35.9 Å². The first kappa shape index (κ1) is 28.7. The molecule has 1 aromatic carbocycles. The van der Waals surface area contributed by atoms with Gasteiger partial charge in [-0.1, -0.05) is 65.5 Å². The van der Waals surface area contributed by atoms with E-state index in [1.807, 2.05) is 31.2 Å². The van der Waals surface area contributed by atoms with Crippen LogP contribution in [-0.4, -0.2) is 18.7 Å². The third-order valence-electron chi connectivity index (χ3n) is 11.9. The first-order valence-electron chi connectivity index (χ1n) is 16.3. The molecule has 39 heavy (non-hydrogen) atoms. The van der Waals surface area contributed by atoms with Gasteiger partial charge in [-0.15, -0.1) is 0 Å². The number of rotatable bonds is 9. The van der Waals surface area contributed by atoms with E-state index >= 15 is 0 Å². The molecule has 4 aliphatic carbocycles. The minimum atomic E-state index is -0.200. The number of ether oxygens (including phenoxy) is 2. The molecule has 0 bridgehead atoms. The number of esters is 1. The van der Waals surface area contributed by atoms with Crippen molar-refractivity contribution in [2.45, 2.75) is 118 Å². The van der Waals surface area contributed by atoms with Crippen molar-refractivity contribution in [2.75, 3.05) is 6.61 Å². The second-order valence-corrected chi connectivity index (χ2v) is 14.5.